The molecule has 1 heterocycles. The molecule has 6 heteroatoms. The van der Waals surface area contributed by atoms with E-state index in [1.807, 2.05) is 0 Å². The SMILES string of the molecule is NC(=O)CCC1CCCN(CC(O)c2ccc(F)c(F)c2)C1. The molecule has 0 spiro atoms. The zero-order chi connectivity index (χ0) is 16.1. The number of halogens is 2. The third kappa shape index (κ3) is 4.74. The first-order valence-electron chi connectivity index (χ1n) is 7.59. The lowest BCUT2D eigenvalue weighted by molar-refractivity contribution is -0.118. The predicted molar refractivity (Wildman–Crippen MR) is 78.9 cm³/mol. The molecule has 1 aliphatic heterocycles. The number of hydrogen-bond acceptors (Lipinski definition) is 3. The monoisotopic (exact) mass is 312 g/mol. The Bertz CT molecular complexity index is 525. The van der Waals surface area contributed by atoms with Gasteiger partial charge in [-0.1, -0.05) is 6.07 Å². The number of aliphatic hydroxyl groups excluding tert-OH is 1. The molecule has 0 saturated carbocycles. The molecule has 0 aromatic heterocycles. The molecule has 1 amide bonds. The van der Waals surface area contributed by atoms with Crippen molar-refractivity contribution in [2.24, 2.45) is 11.7 Å². The summed E-state index contributed by atoms with van der Waals surface area (Å²) in [6.07, 6.45) is 2.32. The topological polar surface area (TPSA) is 66.6 Å². The van der Waals surface area contributed by atoms with Crippen LogP contribution in [0.4, 0.5) is 8.78 Å². The highest BCUT2D eigenvalue weighted by atomic mass is 19.2. The van der Waals surface area contributed by atoms with Gasteiger partial charge in [0.05, 0.1) is 6.10 Å². The summed E-state index contributed by atoms with van der Waals surface area (Å²) in [6.45, 7) is 2.01. The molecular formula is C16H22F2N2O2. The fourth-order valence-electron chi connectivity index (χ4n) is 2.97. The second kappa shape index (κ2) is 7.65. The molecule has 122 valence electrons. The Kier molecular flexibility index (Phi) is 5.85. The zero-order valence-electron chi connectivity index (χ0n) is 12.5. The molecule has 1 aromatic carbocycles. The summed E-state index contributed by atoms with van der Waals surface area (Å²) in [5.41, 5.74) is 5.54. The lowest BCUT2D eigenvalue weighted by Gasteiger charge is -2.34. The van der Waals surface area contributed by atoms with Crippen molar-refractivity contribution in [1.29, 1.82) is 0 Å². The van der Waals surface area contributed by atoms with E-state index in [2.05, 4.69) is 4.90 Å². The highest BCUT2D eigenvalue weighted by molar-refractivity contribution is 5.73. The molecular weight excluding hydrogens is 290 g/mol. The molecule has 0 bridgehead atoms. The van der Waals surface area contributed by atoms with E-state index in [4.69, 9.17) is 5.73 Å². The van der Waals surface area contributed by atoms with E-state index >= 15 is 0 Å². The number of nitrogens with zero attached hydrogens (tertiary/aromatic N) is 1. The van der Waals surface area contributed by atoms with Crippen LogP contribution in [0, 0.1) is 17.6 Å². The molecule has 2 atom stereocenters. The molecule has 1 fully saturated rings. The van der Waals surface area contributed by atoms with Crippen LogP contribution in [0.2, 0.25) is 0 Å². The fourth-order valence-corrected chi connectivity index (χ4v) is 2.97. The van der Waals surface area contributed by atoms with Crippen LogP contribution >= 0.6 is 0 Å². The normalized spacial score (nSPS) is 20.8. The highest BCUT2D eigenvalue weighted by Crippen LogP contribution is 2.24. The van der Waals surface area contributed by atoms with Crippen LogP contribution in [0.1, 0.15) is 37.4 Å². The predicted octanol–water partition coefficient (Wildman–Crippen LogP) is 1.98. The second-order valence-electron chi connectivity index (χ2n) is 5.96. The molecule has 1 aromatic rings. The summed E-state index contributed by atoms with van der Waals surface area (Å²) >= 11 is 0. The quantitative estimate of drug-likeness (QED) is 0.844. The smallest absolute Gasteiger partial charge is 0.217 e. The number of piperidine rings is 1. The maximum absolute atomic E-state index is 13.2. The Balaban J connectivity index is 1.88. The molecule has 2 unspecified atom stereocenters. The van der Waals surface area contributed by atoms with Crippen molar-refractivity contribution in [2.45, 2.75) is 31.8 Å². The van der Waals surface area contributed by atoms with Gasteiger partial charge >= 0.3 is 0 Å². The third-order valence-electron chi connectivity index (χ3n) is 4.16. The van der Waals surface area contributed by atoms with Crippen molar-refractivity contribution >= 4 is 5.91 Å². The fraction of sp³-hybridized carbons (Fsp3) is 0.562. The standard InChI is InChI=1S/C16H22F2N2O2/c17-13-5-4-12(8-14(13)18)15(21)10-20-7-1-2-11(9-20)3-6-16(19)22/h4-5,8,11,15,21H,1-3,6-7,9-10H2,(H2,19,22). The van der Waals surface area contributed by atoms with Gasteiger partial charge in [-0.3, -0.25) is 4.79 Å². The van der Waals surface area contributed by atoms with Gasteiger partial charge in [0, 0.05) is 19.5 Å². The minimum Gasteiger partial charge on any atom is -0.387 e. The molecule has 2 rings (SSSR count). The lowest BCUT2D eigenvalue weighted by atomic mass is 9.93. The van der Waals surface area contributed by atoms with Gasteiger partial charge in [-0.15, -0.1) is 0 Å². The van der Waals surface area contributed by atoms with Crippen LogP contribution in [0.5, 0.6) is 0 Å². The van der Waals surface area contributed by atoms with Crippen LogP contribution in [0.15, 0.2) is 18.2 Å². The number of benzene rings is 1. The van der Waals surface area contributed by atoms with Crippen LogP contribution in [0.25, 0.3) is 0 Å². The molecule has 3 N–H and O–H groups in total. The molecule has 22 heavy (non-hydrogen) atoms. The van der Waals surface area contributed by atoms with Crippen LogP contribution in [0.3, 0.4) is 0 Å². The summed E-state index contributed by atoms with van der Waals surface area (Å²) in [7, 11) is 0. The second-order valence-corrected chi connectivity index (χ2v) is 5.96. The Hall–Kier alpha value is -1.53. The van der Waals surface area contributed by atoms with E-state index in [0.717, 1.165) is 44.5 Å². The van der Waals surface area contributed by atoms with Crippen LogP contribution in [-0.4, -0.2) is 35.5 Å². The number of hydrogen-bond donors (Lipinski definition) is 2. The number of rotatable bonds is 6. The molecule has 0 radical (unpaired) electrons. The number of carbonyl (C=O) groups is 1. The van der Waals surface area contributed by atoms with Crippen molar-refractivity contribution in [1.82, 2.24) is 4.90 Å². The molecule has 0 aliphatic carbocycles. The van der Waals surface area contributed by atoms with Gasteiger partial charge in [0.2, 0.25) is 5.91 Å². The molecule has 1 saturated heterocycles. The largest absolute Gasteiger partial charge is 0.387 e. The maximum Gasteiger partial charge on any atom is 0.217 e. The van der Waals surface area contributed by atoms with Gasteiger partial charge in [-0.2, -0.15) is 0 Å². The Morgan fingerprint density at radius 3 is 2.86 bits per heavy atom. The van der Waals surface area contributed by atoms with Crippen LogP contribution in [-0.2, 0) is 4.79 Å². The Morgan fingerprint density at radius 1 is 1.41 bits per heavy atom. The van der Waals surface area contributed by atoms with Gasteiger partial charge in [0.25, 0.3) is 0 Å². The van der Waals surface area contributed by atoms with E-state index < -0.39 is 17.7 Å². The van der Waals surface area contributed by atoms with Crippen molar-refractivity contribution < 1.29 is 18.7 Å². The van der Waals surface area contributed by atoms with Gasteiger partial charge in [-0.25, -0.2) is 8.78 Å². The molecule has 4 nitrogen and oxygen atoms in total. The van der Waals surface area contributed by atoms with Gasteiger partial charge in [0.15, 0.2) is 11.6 Å². The number of likely N-dealkylation sites (tertiary alicyclic amines) is 1. The van der Waals surface area contributed by atoms with E-state index in [1.54, 1.807) is 0 Å². The number of nitrogens with two attached hydrogens (primary N) is 1. The van der Waals surface area contributed by atoms with E-state index in [9.17, 15) is 18.7 Å². The van der Waals surface area contributed by atoms with E-state index in [0.29, 0.717) is 24.4 Å². The Labute approximate surface area is 128 Å². The minimum atomic E-state index is -0.950. The molecule has 1 aliphatic rings. The summed E-state index contributed by atoms with van der Waals surface area (Å²) in [5, 5.41) is 10.2. The number of β-amino-alcohol motifs (C(OH)–C–C–N with tert-alkyl or cyclic N) is 1. The van der Waals surface area contributed by atoms with Gasteiger partial charge in [0.1, 0.15) is 0 Å². The lowest BCUT2D eigenvalue weighted by Crippen LogP contribution is -2.38. The van der Waals surface area contributed by atoms with E-state index in [-0.39, 0.29) is 5.91 Å². The number of primary amides is 1. The van der Waals surface area contributed by atoms with Gasteiger partial charge in [-0.05, 0) is 49.4 Å². The average molecular weight is 312 g/mol. The first-order valence-corrected chi connectivity index (χ1v) is 7.59. The maximum atomic E-state index is 13.2. The summed E-state index contributed by atoms with van der Waals surface area (Å²) in [5.74, 6) is -1.77. The highest BCUT2D eigenvalue weighted by Gasteiger charge is 2.23. The number of carbonyl (C=O) groups excluding carboxylic acids is 1. The van der Waals surface area contributed by atoms with Crippen molar-refractivity contribution in [2.75, 3.05) is 19.6 Å². The third-order valence-corrected chi connectivity index (χ3v) is 4.16. The van der Waals surface area contributed by atoms with Crippen molar-refractivity contribution in [3.63, 3.8) is 0 Å². The first kappa shape index (κ1) is 16.8. The summed E-state index contributed by atoms with van der Waals surface area (Å²) in [6, 6.07) is 3.46. The number of amides is 1. The first-order chi connectivity index (χ1) is 10.5. The minimum absolute atomic E-state index is 0.293. The summed E-state index contributed by atoms with van der Waals surface area (Å²) < 4.78 is 26.1. The number of aliphatic hydroxyl groups is 1. The van der Waals surface area contributed by atoms with Crippen molar-refractivity contribution in [3.8, 4) is 0 Å². The van der Waals surface area contributed by atoms with Gasteiger partial charge < -0.3 is 15.7 Å². The zero-order valence-corrected chi connectivity index (χ0v) is 12.5. The Morgan fingerprint density at radius 2 is 2.18 bits per heavy atom. The average Bonchev–Trinajstić information content (AvgIpc) is 2.48. The van der Waals surface area contributed by atoms with Crippen molar-refractivity contribution in [3.05, 3.63) is 35.4 Å². The van der Waals surface area contributed by atoms with Crippen LogP contribution < -0.4 is 5.73 Å². The summed E-state index contributed by atoms with van der Waals surface area (Å²) in [4.78, 5) is 12.9. The van der Waals surface area contributed by atoms with E-state index in [1.165, 1.54) is 6.07 Å².